The van der Waals surface area contributed by atoms with Crippen molar-refractivity contribution in [2.75, 3.05) is 23.8 Å². The SMILES string of the molecule is CN1CCc2ccc(NC(=O)C3CCC(=O)N3)cc21. The van der Waals surface area contributed by atoms with Crippen molar-refractivity contribution in [2.45, 2.75) is 25.3 Å². The molecule has 3 rings (SSSR count). The predicted octanol–water partition coefficient (Wildman–Crippen LogP) is 0.896. The highest BCUT2D eigenvalue weighted by atomic mass is 16.2. The van der Waals surface area contributed by atoms with Crippen LogP contribution in [0.3, 0.4) is 0 Å². The van der Waals surface area contributed by atoms with Crippen LogP contribution in [0, 0.1) is 0 Å². The van der Waals surface area contributed by atoms with E-state index in [0.717, 1.165) is 18.7 Å². The maximum Gasteiger partial charge on any atom is 0.246 e. The summed E-state index contributed by atoms with van der Waals surface area (Å²) in [5.74, 6) is -0.180. The van der Waals surface area contributed by atoms with Gasteiger partial charge in [-0.2, -0.15) is 0 Å². The van der Waals surface area contributed by atoms with Gasteiger partial charge in [0.25, 0.3) is 0 Å². The average Bonchev–Trinajstić information content (AvgIpc) is 2.97. The van der Waals surface area contributed by atoms with Gasteiger partial charge in [-0.15, -0.1) is 0 Å². The van der Waals surface area contributed by atoms with Gasteiger partial charge in [-0.05, 0) is 30.5 Å². The Morgan fingerprint density at radius 3 is 3.00 bits per heavy atom. The number of rotatable bonds is 2. The van der Waals surface area contributed by atoms with Gasteiger partial charge in [0.1, 0.15) is 6.04 Å². The van der Waals surface area contributed by atoms with Gasteiger partial charge in [-0.1, -0.05) is 6.07 Å². The molecule has 2 aliphatic heterocycles. The number of hydrogen-bond donors (Lipinski definition) is 2. The Labute approximate surface area is 112 Å². The number of anilines is 2. The third-order valence-electron chi connectivity index (χ3n) is 3.79. The third-order valence-corrected chi connectivity index (χ3v) is 3.79. The van der Waals surface area contributed by atoms with Gasteiger partial charge in [-0.25, -0.2) is 0 Å². The fourth-order valence-electron chi connectivity index (χ4n) is 2.66. The van der Waals surface area contributed by atoms with Gasteiger partial charge in [-0.3, -0.25) is 9.59 Å². The second-order valence-corrected chi connectivity index (χ2v) is 5.16. The van der Waals surface area contributed by atoms with E-state index in [4.69, 9.17) is 0 Å². The number of likely N-dealkylation sites (N-methyl/N-ethyl adjacent to an activating group) is 1. The van der Waals surface area contributed by atoms with E-state index >= 15 is 0 Å². The minimum atomic E-state index is -0.390. The Kier molecular flexibility index (Phi) is 2.89. The van der Waals surface area contributed by atoms with Crippen LogP contribution in [-0.2, 0) is 16.0 Å². The molecular weight excluding hydrogens is 242 g/mol. The highest BCUT2D eigenvalue weighted by Crippen LogP contribution is 2.29. The molecule has 0 bridgehead atoms. The first-order valence-corrected chi connectivity index (χ1v) is 6.58. The number of nitrogens with one attached hydrogen (secondary N) is 2. The Bertz CT molecular complexity index is 541. The van der Waals surface area contributed by atoms with Crippen LogP contribution in [0.5, 0.6) is 0 Å². The van der Waals surface area contributed by atoms with E-state index in [1.807, 2.05) is 12.1 Å². The Balaban J connectivity index is 1.72. The van der Waals surface area contributed by atoms with Crippen molar-refractivity contribution in [3.05, 3.63) is 23.8 Å². The van der Waals surface area contributed by atoms with Gasteiger partial charge in [0, 0.05) is 31.4 Å². The third kappa shape index (κ3) is 2.28. The number of carbonyl (C=O) groups is 2. The molecule has 1 atom stereocenters. The molecule has 0 aliphatic carbocycles. The van der Waals surface area contributed by atoms with Crippen molar-refractivity contribution in [3.8, 4) is 0 Å². The topological polar surface area (TPSA) is 61.4 Å². The summed E-state index contributed by atoms with van der Waals surface area (Å²) >= 11 is 0. The maximum atomic E-state index is 12.0. The molecule has 19 heavy (non-hydrogen) atoms. The second-order valence-electron chi connectivity index (χ2n) is 5.16. The summed E-state index contributed by atoms with van der Waals surface area (Å²) < 4.78 is 0. The van der Waals surface area contributed by atoms with Crippen molar-refractivity contribution in [3.63, 3.8) is 0 Å². The lowest BCUT2D eigenvalue weighted by atomic mass is 10.1. The second kappa shape index (κ2) is 4.57. The van der Waals surface area contributed by atoms with Crippen LogP contribution >= 0.6 is 0 Å². The number of benzene rings is 1. The minimum absolute atomic E-state index is 0.0474. The Morgan fingerprint density at radius 2 is 2.26 bits per heavy atom. The lowest BCUT2D eigenvalue weighted by molar-refractivity contribution is -0.122. The lowest BCUT2D eigenvalue weighted by Gasteiger charge is -2.15. The summed E-state index contributed by atoms with van der Waals surface area (Å²) in [6.07, 6.45) is 2.07. The zero-order chi connectivity index (χ0) is 13.4. The fourth-order valence-corrected chi connectivity index (χ4v) is 2.66. The molecule has 1 unspecified atom stereocenters. The summed E-state index contributed by atoms with van der Waals surface area (Å²) in [6.45, 7) is 1.02. The molecule has 0 radical (unpaired) electrons. The summed E-state index contributed by atoms with van der Waals surface area (Å²) in [4.78, 5) is 25.3. The van der Waals surface area contributed by atoms with E-state index in [1.54, 1.807) is 0 Å². The molecular formula is C14H17N3O2. The molecule has 2 heterocycles. The predicted molar refractivity (Wildman–Crippen MR) is 73.2 cm³/mol. The minimum Gasteiger partial charge on any atom is -0.374 e. The molecule has 1 aromatic carbocycles. The number of carbonyl (C=O) groups excluding carboxylic acids is 2. The van der Waals surface area contributed by atoms with Gasteiger partial charge < -0.3 is 15.5 Å². The number of nitrogens with zero attached hydrogens (tertiary/aromatic N) is 1. The van der Waals surface area contributed by atoms with E-state index in [0.29, 0.717) is 12.8 Å². The van der Waals surface area contributed by atoms with Crippen molar-refractivity contribution in [1.29, 1.82) is 0 Å². The molecule has 2 aliphatic rings. The van der Waals surface area contributed by atoms with Crippen LogP contribution in [-0.4, -0.2) is 31.4 Å². The molecule has 100 valence electrons. The monoisotopic (exact) mass is 259 g/mol. The van der Waals surface area contributed by atoms with E-state index < -0.39 is 6.04 Å². The van der Waals surface area contributed by atoms with Crippen molar-refractivity contribution >= 4 is 23.2 Å². The fraction of sp³-hybridized carbons (Fsp3) is 0.429. The van der Waals surface area contributed by atoms with Crippen LogP contribution < -0.4 is 15.5 Å². The number of fused-ring (bicyclic) bond motifs is 1. The smallest absolute Gasteiger partial charge is 0.246 e. The van der Waals surface area contributed by atoms with E-state index in [1.165, 1.54) is 11.3 Å². The van der Waals surface area contributed by atoms with Gasteiger partial charge in [0.2, 0.25) is 11.8 Å². The van der Waals surface area contributed by atoms with Gasteiger partial charge in [0.15, 0.2) is 0 Å². The van der Waals surface area contributed by atoms with E-state index in [2.05, 4.69) is 28.6 Å². The highest BCUT2D eigenvalue weighted by molar-refractivity contribution is 5.99. The van der Waals surface area contributed by atoms with Crippen LogP contribution in [0.25, 0.3) is 0 Å². The van der Waals surface area contributed by atoms with Crippen molar-refractivity contribution in [2.24, 2.45) is 0 Å². The molecule has 1 fully saturated rings. The van der Waals surface area contributed by atoms with E-state index in [-0.39, 0.29) is 11.8 Å². The highest BCUT2D eigenvalue weighted by Gasteiger charge is 2.27. The summed E-state index contributed by atoms with van der Waals surface area (Å²) in [7, 11) is 2.05. The number of hydrogen-bond acceptors (Lipinski definition) is 3. The standard InChI is InChI=1S/C14H17N3O2/c1-17-7-6-9-2-3-10(8-12(9)17)15-14(19)11-4-5-13(18)16-11/h2-3,8,11H,4-7H2,1H3,(H,15,19)(H,16,18). The maximum absolute atomic E-state index is 12.0. The molecule has 5 heteroatoms. The van der Waals surface area contributed by atoms with Crippen molar-refractivity contribution in [1.82, 2.24) is 5.32 Å². The normalized spacial score (nSPS) is 21.2. The molecule has 0 aromatic heterocycles. The molecule has 1 aromatic rings. The molecule has 1 saturated heterocycles. The first kappa shape index (κ1) is 12.0. The van der Waals surface area contributed by atoms with Crippen LogP contribution in [0.1, 0.15) is 18.4 Å². The summed E-state index contributed by atoms with van der Waals surface area (Å²) in [5.41, 5.74) is 3.28. The molecule has 2 amide bonds. The quantitative estimate of drug-likeness (QED) is 0.829. The number of amides is 2. The average molecular weight is 259 g/mol. The summed E-state index contributed by atoms with van der Waals surface area (Å²) in [6, 6.07) is 5.59. The van der Waals surface area contributed by atoms with E-state index in [9.17, 15) is 9.59 Å². The van der Waals surface area contributed by atoms with Gasteiger partial charge in [0.05, 0.1) is 0 Å². The van der Waals surface area contributed by atoms with Gasteiger partial charge >= 0.3 is 0 Å². The molecule has 0 spiro atoms. The summed E-state index contributed by atoms with van der Waals surface area (Å²) in [5, 5.41) is 5.55. The zero-order valence-corrected chi connectivity index (χ0v) is 10.9. The Morgan fingerprint density at radius 1 is 1.42 bits per heavy atom. The van der Waals surface area contributed by atoms with Crippen LogP contribution in [0.15, 0.2) is 18.2 Å². The molecule has 2 N–H and O–H groups in total. The largest absolute Gasteiger partial charge is 0.374 e. The van der Waals surface area contributed by atoms with Crippen molar-refractivity contribution < 1.29 is 9.59 Å². The molecule has 5 nitrogen and oxygen atoms in total. The molecule has 0 saturated carbocycles. The first-order chi connectivity index (χ1) is 9.13. The Hall–Kier alpha value is -2.04. The lowest BCUT2D eigenvalue weighted by Crippen LogP contribution is -2.37. The first-order valence-electron chi connectivity index (χ1n) is 6.58. The van der Waals surface area contributed by atoms with Crippen LogP contribution in [0.4, 0.5) is 11.4 Å². The van der Waals surface area contributed by atoms with Crippen LogP contribution in [0.2, 0.25) is 0 Å². The zero-order valence-electron chi connectivity index (χ0n) is 10.9.